The average molecular weight is 603 g/mol. The van der Waals surface area contributed by atoms with E-state index in [1.54, 1.807) is 30.5 Å². The molecular weight excluding hydrogens is 568 g/mol. The van der Waals surface area contributed by atoms with Crippen molar-refractivity contribution in [3.8, 4) is 0 Å². The van der Waals surface area contributed by atoms with Crippen molar-refractivity contribution in [1.82, 2.24) is 30.9 Å². The SMILES string of the molecule is NC(=O)CC(NC(=O)C(N)Cc1ccccc1)C(=O)NC(Cc1cnc[nH]1)C(=O)NC(Cc1c[nH]c2ccccc12)C(=O)O. The number of imidazole rings is 1. The first-order valence-electron chi connectivity index (χ1n) is 13.8. The number of carbonyl (C=O) groups is 5. The molecule has 2 aromatic carbocycles. The number of carbonyl (C=O) groups excluding carboxylic acids is 4. The van der Waals surface area contributed by atoms with E-state index in [-0.39, 0.29) is 19.3 Å². The van der Waals surface area contributed by atoms with Crippen molar-refractivity contribution in [2.24, 2.45) is 11.5 Å². The number of para-hydroxylation sites is 1. The van der Waals surface area contributed by atoms with Crippen molar-refractivity contribution in [2.45, 2.75) is 49.9 Å². The Bertz CT molecular complexity index is 1600. The van der Waals surface area contributed by atoms with Gasteiger partial charge in [-0.15, -0.1) is 0 Å². The van der Waals surface area contributed by atoms with Crippen LogP contribution < -0.4 is 27.4 Å². The molecule has 0 saturated carbocycles. The molecule has 2 aromatic heterocycles. The first kappa shape index (κ1) is 31.4. The van der Waals surface area contributed by atoms with E-state index in [2.05, 4.69) is 30.9 Å². The fourth-order valence-electron chi connectivity index (χ4n) is 4.74. The van der Waals surface area contributed by atoms with Crippen molar-refractivity contribution in [1.29, 1.82) is 0 Å². The summed E-state index contributed by atoms with van der Waals surface area (Å²) in [4.78, 5) is 73.5. The third kappa shape index (κ3) is 8.51. The second kappa shape index (κ2) is 14.6. The number of nitrogens with one attached hydrogen (secondary N) is 5. The van der Waals surface area contributed by atoms with Crippen LogP contribution in [0.1, 0.15) is 23.2 Å². The summed E-state index contributed by atoms with van der Waals surface area (Å²) in [5.74, 6) is -4.53. The first-order chi connectivity index (χ1) is 21.1. The molecule has 4 amide bonds. The molecule has 0 aliphatic rings. The summed E-state index contributed by atoms with van der Waals surface area (Å²) in [6.07, 6.45) is 3.99. The summed E-state index contributed by atoms with van der Waals surface area (Å²) in [5.41, 5.74) is 14.2. The molecule has 10 N–H and O–H groups in total. The molecule has 230 valence electrons. The number of carboxylic acids is 1. The number of fused-ring (bicyclic) bond motifs is 1. The Morgan fingerprint density at radius 1 is 0.795 bits per heavy atom. The molecule has 0 radical (unpaired) electrons. The van der Waals surface area contributed by atoms with Gasteiger partial charge in [-0.05, 0) is 23.6 Å². The van der Waals surface area contributed by atoms with Crippen molar-refractivity contribution in [2.75, 3.05) is 0 Å². The van der Waals surface area contributed by atoms with Crippen molar-refractivity contribution < 1.29 is 29.1 Å². The van der Waals surface area contributed by atoms with Crippen LogP contribution in [0, 0.1) is 0 Å². The molecule has 4 aromatic rings. The number of benzene rings is 2. The van der Waals surface area contributed by atoms with E-state index < -0.39 is 60.2 Å². The molecular formula is C30H34N8O6. The van der Waals surface area contributed by atoms with Crippen molar-refractivity contribution in [3.63, 3.8) is 0 Å². The number of aromatic nitrogens is 3. The summed E-state index contributed by atoms with van der Waals surface area (Å²) in [6, 6.07) is 11.2. The monoisotopic (exact) mass is 602 g/mol. The fraction of sp³-hybridized carbons (Fsp3) is 0.267. The van der Waals surface area contributed by atoms with Gasteiger partial charge in [-0.3, -0.25) is 19.2 Å². The van der Waals surface area contributed by atoms with Gasteiger partial charge in [0, 0.05) is 41.8 Å². The minimum atomic E-state index is -1.44. The highest BCUT2D eigenvalue weighted by Crippen LogP contribution is 2.19. The highest BCUT2D eigenvalue weighted by atomic mass is 16.4. The van der Waals surface area contributed by atoms with Gasteiger partial charge < -0.3 is 42.5 Å². The molecule has 2 heterocycles. The standard InChI is InChI=1S/C30H34N8O6/c31-21(10-17-6-2-1-3-7-17)27(40)36-24(13-26(32)39)29(42)37-23(12-19-15-33-16-35-19)28(41)38-25(30(43)44)11-18-14-34-22-9-5-4-8-20(18)22/h1-9,14-16,21,23-25,34H,10-13,31H2,(H2,32,39)(H,33,35)(H,36,40)(H,37,42)(H,38,41)(H,43,44). The van der Waals surface area contributed by atoms with Crippen LogP contribution in [0.15, 0.2) is 73.3 Å². The Kier molecular flexibility index (Phi) is 10.4. The number of aromatic amines is 2. The second-order valence-electron chi connectivity index (χ2n) is 10.3. The second-order valence-corrected chi connectivity index (χ2v) is 10.3. The Morgan fingerprint density at radius 2 is 1.45 bits per heavy atom. The van der Waals surface area contributed by atoms with Gasteiger partial charge in [-0.1, -0.05) is 48.5 Å². The van der Waals surface area contributed by atoms with E-state index in [1.165, 1.54) is 12.5 Å². The Hall–Kier alpha value is -5.50. The largest absolute Gasteiger partial charge is 0.480 e. The summed E-state index contributed by atoms with van der Waals surface area (Å²) >= 11 is 0. The van der Waals surface area contributed by atoms with Crippen LogP contribution in [0.3, 0.4) is 0 Å². The summed E-state index contributed by atoms with van der Waals surface area (Å²) < 4.78 is 0. The molecule has 0 aliphatic heterocycles. The zero-order chi connectivity index (χ0) is 31.6. The molecule has 0 spiro atoms. The van der Waals surface area contributed by atoms with Gasteiger partial charge in [-0.25, -0.2) is 9.78 Å². The molecule has 4 rings (SSSR count). The molecule has 0 bridgehead atoms. The average Bonchev–Trinajstić information content (AvgIpc) is 3.66. The minimum absolute atomic E-state index is 0.0323. The lowest BCUT2D eigenvalue weighted by molar-refractivity contribution is -0.142. The molecule has 14 nitrogen and oxygen atoms in total. The quantitative estimate of drug-likeness (QED) is 0.0893. The van der Waals surface area contributed by atoms with E-state index in [9.17, 15) is 29.1 Å². The van der Waals surface area contributed by atoms with Crippen LogP contribution in [0.25, 0.3) is 10.9 Å². The van der Waals surface area contributed by atoms with Crippen LogP contribution in [-0.4, -0.2) is 73.8 Å². The van der Waals surface area contributed by atoms with Crippen LogP contribution in [0.4, 0.5) is 0 Å². The number of rotatable bonds is 15. The van der Waals surface area contributed by atoms with Gasteiger partial charge in [0.25, 0.3) is 0 Å². The van der Waals surface area contributed by atoms with Crippen molar-refractivity contribution >= 4 is 40.5 Å². The van der Waals surface area contributed by atoms with Crippen molar-refractivity contribution in [3.05, 3.63) is 90.1 Å². The predicted molar refractivity (Wildman–Crippen MR) is 160 cm³/mol. The summed E-state index contributed by atoms with van der Waals surface area (Å²) in [7, 11) is 0. The molecule has 44 heavy (non-hydrogen) atoms. The number of nitrogens with two attached hydrogens (primary N) is 2. The number of aliphatic carboxylic acids is 1. The Labute approximate surface area is 252 Å². The maximum Gasteiger partial charge on any atom is 0.326 e. The molecule has 4 unspecified atom stereocenters. The number of nitrogens with zero attached hydrogens (tertiary/aromatic N) is 1. The van der Waals surface area contributed by atoms with E-state index in [1.807, 2.05) is 30.3 Å². The lowest BCUT2D eigenvalue weighted by Gasteiger charge is -2.24. The summed E-state index contributed by atoms with van der Waals surface area (Å²) in [5, 5.41) is 18.2. The molecule has 0 saturated heterocycles. The van der Waals surface area contributed by atoms with Crippen LogP contribution in [0.2, 0.25) is 0 Å². The lowest BCUT2D eigenvalue weighted by Crippen LogP contribution is -2.58. The molecule has 0 fully saturated rings. The van der Waals surface area contributed by atoms with Gasteiger partial charge in [0.15, 0.2) is 0 Å². The van der Waals surface area contributed by atoms with Gasteiger partial charge in [0.05, 0.1) is 18.8 Å². The van der Waals surface area contributed by atoms with E-state index in [0.29, 0.717) is 11.3 Å². The van der Waals surface area contributed by atoms with Gasteiger partial charge >= 0.3 is 5.97 Å². The van der Waals surface area contributed by atoms with Gasteiger partial charge in [-0.2, -0.15) is 0 Å². The zero-order valence-electron chi connectivity index (χ0n) is 23.7. The highest BCUT2D eigenvalue weighted by molar-refractivity contribution is 5.96. The van der Waals surface area contributed by atoms with E-state index >= 15 is 0 Å². The smallest absolute Gasteiger partial charge is 0.326 e. The topological polar surface area (TPSA) is 238 Å². The zero-order valence-corrected chi connectivity index (χ0v) is 23.7. The number of hydrogen-bond acceptors (Lipinski definition) is 7. The maximum atomic E-state index is 13.5. The van der Waals surface area contributed by atoms with E-state index in [0.717, 1.165) is 16.5 Å². The van der Waals surface area contributed by atoms with Crippen LogP contribution in [-0.2, 0) is 43.2 Å². The summed E-state index contributed by atoms with van der Waals surface area (Å²) in [6.45, 7) is 0. The third-order valence-electron chi connectivity index (χ3n) is 7.00. The Balaban J connectivity index is 1.48. The third-order valence-corrected chi connectivity index (χ3v) is 7.00. The number of amides is 4. The highest BCUT2D eigenvalue weighted by Gasteiger charge is 2.32. The molecule has 14 heteroatoms. The van der Waals surface area contributed by atoms with Gasteiger partial charge in [0.1, 0.15) is 18.1 Å². The van der Waals surface area contributed by atoms with E-state index in [4.69, 9.17) is 11.5 Å². The van der Waals surface area contributed by atoms with Crippen LogP contribution in [0.5, 0.6) is 0 Å². The number of carboxylic acid groups (broad SMARTS) is 1. The maximum absolute atomic E-state index is 13.5. The molecule has 0 aliphatic carbocycles. The molecule has 4 atom stereocenters. The lowest BCUT2D eigenvalue weighted by atomic mass is 10.0. The number of hydrogen-bond donors (Lipinski definition) is 8. The minimum Gasteiger partial charge on any atom is -0.480 e. The Morgan fingerprint density at radius 3 is 2.14 bits per heavy atom. The predicted octanol–water partition coefficient (Wildman–Crippen LogP) is -0.339. The number of H-pyrrole nitrogens is 2. The van der Waals surface area contributed by atoms with Crippen LogP contribution >= 0.6 is 0 Å². The number of primary amides is 1. The fourth-order valence-corrected chi connectivity index (χ4v) is 4.74. The van der Waals surface area contributed by atoms with Gasteiger partial charge in [0.2, 0.25) is 23.6 Å². The normalized spacial score (nSPS) is 13.8. The first-order valence-corrected chi connectivity index (χ1v) is 13.8.